The third-order valence-electron chi connectivity index (χ3n) is 2.10. The molecule has 2 rings (SSSR count). The van der Waals surface area contributed by atoms with E-state index in [1.54, 1.807) is 6.07 Å². The fourth-order valence-corrected chi connectivity index (χ4v) is 1.66. The fraction of sp³-hybridized carbons (Fsp3) is 0.100. The predicted molar refractivity (Wildman–Crippen MR) is 58.7 cm³/mol. The van der Waals surface area contributed by atoms with Crippen molar-refractivity contribution in [2.24, 2.45) is 0 Å². The quantitative estimate of drug-likeness (QED) is 0.866. The third-order valence-corrected chi connectivity index (χ3v) is 2.87. The van der Waals surface area contributed by atoms with Gasteiger partial charge in [-0.15, -0.1) is 0 Å². The van der Waals surface area contributed by atoms with Crippen LogP contribution in [0.1, 0.15) is 5.56 Å². The number of nitrogen functional groups attached to an aromatic ring is 1. The zero-order chi connectivity index (χ0) is 11.0. The van der Waals surface area contributed by atoms with Gasteiger partial charge in [-0.2, -0.15) is 0 Å². The second kappa shape index (κ2) is 3.66. The first-order valence-corrected chi connectivity index (χ1v) is 5.06. The van der Waals surface area contributed by atoms with Crippen molar-refractivity contribution in [3.63, 3.8) is 0 Å². The first-order chi connectivity index (χ1) is 7.09. The molecule has 0 saturated heterocycles. The molecule has 2 N–H and O–H groups in total. The molecule has 0 bridgehead atoms. The van der Waals surface area contributed by atoms with Crippen molar-refractivity contribution in [1.82, 2.24) is 5.16 Å². The zero-order valence-electron chi connectivity index (χ0n) is 7.92. The highest BCUT2D eigenvalue weighted by Crippen LogP contribution is 2.34. The van der Waals surface area contributed by atoms with E-state index >= 15 is 0 Å². The average molecular weight is 271 g/mol. The SMILES string of the molecule is Cc1ccc(F)cc1-c1onc(N)c1Br. The average Bonchev–Trinajstić information content (AvgIpc) is 2.52. The molecule has 0 saturated carbocycles. The molecular weight excluding hydrogens is 263 g/mol. The minimum atomic E-state index is -0.322. The minimum Gasteiger partial charge on any atom is -0.380 e. The van der Waals surface area contributed by atoms with Crippen LogP contribution in [0.5, 0.6) is 0 Å². The maximum absolute atomic E-state index is 13.1. The Balaban J connectivity index is 2.63. The molecule has 0 amide bonds. The van der Waals surface area contributed by atoms with Crippen LogP contribution in [-0.4, -0.2) is 5.16 Å². The van der Waals surface area contributed by atoms with Gasteiger partial charge < -0.3 is 10.3 Å². The second-order valence-corrected chi connectivity index (χ2v) is 3.96. The summed E-state index contributed by atoms with van der Waals surface area (Å²) >= 11 is 3.24. The molecule has 2 aromatic rings. The summed E-state index contributed by atoms with van der Waals surface area (Å²) in [5.74, 6) is 0.385. The number of nitrogens with zero attached hydrogens (tertiary/aromatic N) is 1. The number of benzene rings is 1. The summed E-state index contributed by atoms with van der Waals surface area (Å²) in [6.07, 6.45) is 0. The Labute approximate surface area is 94.2 Å². The molecular formula is C10H8BrFN2O. The Kier molecular flexibility index (Phi) is 2.48. The van der Waals surface area contributed by atoms with Gasteiger partial charge in [0.25, 0.3) is 0 Å². The molecule has 0 fully saturated rings. The highest BCUT2D eigenvalue weighted by atomic mass is 79.9. The Morgan fingerprint density at radius 1 is 1.47 bits per heavy atom. The lowest BCUT2D eigenvalue weighted by atomic mass is 10.1. The number of rotatable bonds is 1. The second-order valence-electron chi connectivity index (χ2n) is 3.17. The smallest absolute Gasteiger partial charge is 0.183 e. The van der Waals surface area contributed by atoms with Crippen LogP contribution in [0.2, 0.25) is 0 Å². The Bertz CT molecular complexity index is 510. The van der Waals surface area contributed by atoms with Crippen molar-refractivity contribution in [2.75, 3.05) is 5.73 Å². The van der Waals surface area contributed by atoms with E-state index < -0.39 is 0 Å². The summed E-state index contributed by atoms with van der Waals surface area (Å²) in [4.78, 5) is 0. The molecule has 15 heavy (non-hydrogen) atoms. The van der Waals surface area contributed by atoms with E-state index in [-0.39, 0.29) is 11.6 Å². The molecule has 0 spiro atoms. The lowest BCUT2D eigenvalue weighted by Crippen LogP contribution is -1.86. The lowest BCUT2D eigenvalue weighted by Gasteiger charge is -2.01. The van der Waals surface area contributed by atoms with Gasteiger partial charge in [0, 0.05) is 5.56 Å². The molecule has 0 atom stereocenters. The number of nitrogens with two attached hydrogens (primary N) is 1. The third kappa shape index (κ3) is 1.74. The van der Waals surface area contributed by atoms with E-state index in [0.29, 0.717) is 15.8 Å². The van der Waals surface area contributed by atoms with Gasteiger partial charge in [0.05, 0.1) is 0 Å². The molecule has 0 aliphatic carbocycles. The number of aryl methyl sites for hydroxylation is 1. The van der Waals surface area contributed by atoms with Gasteiger partial charge in [-0.05, 0) is 40.5 Å². The lowest BCUT2D eigenvalue weighted by molar-refractivity contribution is 0.435. The van der Waals surface area contributed by atoms with Gasteiger partial charge in [-0.3, -0.25) is 0 Å². The van der Waals surface area contributed by atoms with E-state index in [0.717, 1.165) is 5.56 Å². The van der Waals surface area contributed by atoms with Gasteiger partial charge in [0.1, 0.15) is 10.3 Å². The van der Waals surface area contributed by atoms with E-state index in [9.17, 15) is 4.39 Å². The van der Waals surface area contributed by atoms with Crippen molar-refractivity contribution in [3.05, 3.63) is 34.1 Å². The number of aromatic nitrogens is 1. The molecule has 3 nitrogen and oxygen atoms in total. The predicted octanol–water partition coefficient (Wildman–Crippen LogP) is 3.13. The highest BCUT2D eigenvalue weighted by molar-refractivity contribution is 9.10. The van der Waals surface area contributed by atoms with Gasteiger partial charge >= 0.3 is 0 Å². The number of hydrogen-bond acceptors (Lipinski definition) is 3. The molecule has 1 aromatic heterocycles. The van der Waals surface area contributed by atoms with Crippen LogP contribution < -0.4 is 5.73 Å². The van der Waals surface area contributed by atoms with Gasteiger partial charge in [0.15, 0.2) is 11.6 Å². The monoisotopic (exact) mass is 270 g/mol. The van der Waals surface area contributed by atoms with Crippen molar-refractivity contribution < 1.29 is 8.91 Å². The number of halogens is 2. The molecule has 5 heteroatoms. The van der Waals surface area contributed by atoms with Crippen LogP contribution in [0.25, 0.3) is 11.3 Å². The first-order valence-electron chi connectivity index (χ1n) is 4.26. The van der Waals surface area contributed by atoms with Crippen LogP contribution in [0.3, 0.4) is 0 Å². The van der Waals surface area contributed by atoms with E-state index in [1.807, 2.05) is 6.92 Å². The van der Waals surface area contributed by atoms with Crippen molar-refractivity contribution in [2.45, 2.75) is 6.92 Å². The molecule has 0 aliphatic heterocycles. The molecule has 0 aliphatic rings. The zero-order valence-corrected chi connectivity index (χ0v) is 9.51. The molecule has 0 radical (unpaired) electrons. The summed E-state index contributed by atoms with van der Waals surface area (Å²) in [6.45, 7) is 1.86. The van der Waals surface area contributed by atoms with Gasteiger partial charge in [-0.1, -0.05) is 11.2 Å². The van der Waals surface area contributed by atoms with Crippen molar-refractivity contribution in [3.8, 4) is 11.3 Å². The van der Waals surface area contributed by atoms with Crippen LogP contribution in [-0.2, 0) is 0 Å². The first kappa shape index (κ1) is 10.2. The summed E-state index contributed by atoms with van der Waals surface area (Å²) in [6, 6.07) is 4.46. The Morgan fingerprint density at radius 3 is 2.80 bits per heavy atom. The van der Waals surface area contributed by atoms with Crippen LogP contribution in [0, 0.1) is 12.7 Å². The Morgan fingerprint density at radius 2 is 2.20 bits per heavy atom. The number of hydrogen-bond donors (Lipinski definition) is 1. The maximum Gasteiger partial charge on any atom is 0.183 e. The topological polar surface area (TPSA) is 52.0 Å². The normalized spacial score (nSPS) is 10.6. The molecule has 78 valence electrons. The summed E-state index contributed by atoms with van der Waals surface area (Å²) in [5, 5.41) is 3.60. The van der Waals surface area contributed by atoms with Crippen molar-refractivity contribution >= 4 is 21.7 Å². The van der Waals surface area contributed by atoms with E-state index in [1.165, 1.54) is 12.1 Å². The standard InChI is InChI=1S/C10H8BrFN2O/c1-5-2-3-6(12)4-7(5)9-8(11)10(13)14-15-9/h2-4H,1H3,(H2,13,14). The summed E-state index contributed by atoms with van der Waals surface area (Å²) < 4.78 is 18.6. The summed E-state index contributed by atoms with van der Waals surface area (Å²) in [5.41, 5.74) is 7.06. The van der Waals surface area contributed by atoms with Gasteiger partial charge in [-0.25, -0.2) is 4.39 Å². The number of anilines is 1. The van der Waals surface area contributed by atoms with E-state index in [4.69, 9.17) is 10.3 Å². The Hall–Kier alpha value is -1.36. The minimum absolute atomic E-state index is 0.258. The van der Waals surface area contributed by atoms with Gasteiger partial charge in [0.2, 0.25) is 0 Å². The van der Waals surface area contributed by atoms with Crippen LogP contribution >= 0.6 is 15.9 Å². The fourth-order valence-electron chi connectivity index (χ4n) is 1.30. The molecule has 1 heterocycles. The maximum atomic E-state index is 13.1. The van der Waals surface area contributed by atoms with Crippen molar-refractivity contribution in [1.29, 1.82) is 0 Å². The van der Waals surface area contributed by atoms with E-state index in [2.05, 4.69) is 21.1 Å². The van der Waals surface area contributed by atoms with Crippen LogP contribution in [0.4, 0.5) is 10.2 Å². The molecule has 1 aromatic carbocycles. The highest BCUT2D eigenvalue weighted by Gasteiger charge is 2.15. The summed E-state index contributed by atoms with van der Waals surface area (Å²) in [7, 11) is 0. The largest absolute Gasteiger partial charge is 0.380 e. The molecule has 0 unspecified atom stereocenters. The van der Waals surface area contributed by atoms with Crippen LogP contribution in [0.15, 0.2) is 27.2 Å².